The van der Waals surface area contributed by atoms with Crippen LogP contribution in [0.25, 0.3) is 0 Å². The second kappa shape index (κ2) is 7.11. The van der Waals surface area contributed by atoms with Crippen molar-refractivity contribution >= 4 is 0 Å². The summed E-state index contributed by atoms with van der Waals surface area (Å²) in [4.78, 5) is 2.34. The maximum absolute atomic E-state index is 13.0. The van der Waals surface area contributed by atoms with E-state index >= 15 is 0 Å². The fourth-order valence-electron chi connectivity index (χ4n) is 3.27. The van der Waals surface area contributed by atoms with E-state index in [9.17, 15) is 14.6 Å². The van der Waals surface area contributed by atoms with Gasteiger partial charge in [0.1, 0.15) is 11.6 Å². The van der Waals surface area contributed by atoms with Crippen molar-refractivity contribution in [2.75, 3.05) is 13.1 Å². The van der Waals surface area contributed by atoms with E-state index in [1.807, 2.05) is 12.1 Å². The number of piperidine rings is 1. The van der Waals surface area contributed by atoms with E-state index < -0.39 is 6.10 Å². The summed E-state index contributed by atoms with van der Waals surface area (Å²) in [7, 11) is 0. The van der Waals surface area contributed by atoms with Gasteiger partial charge in [0.05, 0.1) is 6.10 Å². The molecule has 1 saturated heterocycles. The Morgan fingerprint density at radius 2 is 1.78 bits per heavy atom. The topological polar surface area (TPSA) is 43.7 Å². The second-order valence-corrected chi connectivity index (χ2v) is 6.28. The van der Waals surface area contributed by atoms with Crippen LogP contribution in [0.1, 0.15) is 30.1 Å². The van der Waals surface area contributed by atoms with Crippen molar-refractivity contribution in [3.63, 3.8) is 0 Å². The molecule has 4 heteroatoms. The molecule has 1 fully saturated rings. The van der Waals surface area contributed by atoms with Crippen LogP contribution >= 0.6 is 0 Å². The van der Waals surface area contributed by atoms with Crippen LogP contribution in [0, 0.1) is 11.7 Å². The van der Waals surface area contributed by atoms with E-state index in [2.05, 4.69) is 4.90 Å². The predicted molar refractivity (Wildman–Crippen MR) is 87.5 cm³/mol. The predicted octanol–water partition coefficient (Wildman–Crippen LogP) is 3.48. The molecule has 0 bridgehead atoms. The zero-order valence-corrected chi connectivity index (χ0v) is 13.0. The molecule has 1 aliphatic heterocycles. The number of benzene rings is 2. The highest BCUT2D eigenvalue weighted by Gasteiger charge is 2.26. The summed E-state index contributed by atoms with van der Waals surface area (Å²) in [5, 5.41) is 20.0. The molecule has 2 N–H and O–H groups in total. The molecular formula is C19H22FNO2. The van der Waals surface area contributed by atoms with Crippen LogP contribution in [0.3, 0.4) is 0 Å². The Morgan fingerprint density at radius 3 is 2.43 bits per heavy atom. The lowest BCUT2D eigenvalue weighted by Gasteiger charge is -2.34. The first-order chi connectivity index (χ1) is 11.1. The maximum Gasteiger partial charge on any atom is 0.123 e. The molecule has 0 spiro atoms. The monoisotopic (exact) mass is 315 g/mol. The number of aromatic hydroxyl groups is 1. The lowest BCUT2D eigenvalue weighted by molar-refractivity contribution is 0.0567. The number of phenolic OH excluding ortho intramolecular Hbond substituents is 1. The van der Waals surface area contributed by atoms with Crippen molar-refractivity contribution in [1.82, 2.24) is 4.90 Å². The minimum absolute atomic E-state index is 0.209. The summed E-state index contributed by atoms with van der Waals surface area (Å²) in [5.74, 6) is 0.229. The van der Waals surface area contributed by atoms with E-state index in [0.717, 1.165) is 43.6 Å². The first-order valence-electron chi connectivity index (χ1n) is 8.05. The van der Waals surface area contributed by atoms with Crippen LogP contribution < -0.4 is 0 Å². The lowest BCUT2D eigenvalue weighted by atomic mass is 9.87. The van der Waals surface area contributed by atoms with Crippen LogP contribution in [-0.4, -0.2) is 28.2 Å². The van der Waals surface area contributed by atoms with Crippen molar-refractivity contribution in [3.8, 4) is 5.75 Å². The van der Waals surface area contributed by atoms with Crippen molar-refractivity contribution < 1.29 is 14.6 Å². The van der Waals surface area contributed by atoms with Crippen molar-refractivity contribution in [2.45, 2.75) is 25.5 Å². The number of aliphatic hydroxyl groups excluding tert-OH is 1. The number of halogens is 1. The molecule has 0 aliphatic carbocycles. The van der Waals surface area contributed by atoms with E-state index in [0.29, 0.717) is 5.75 Å². The molecule has 0 amide bonds. The molecule has 3 nitrogen and oxygen atoms in total. The highest BCUT2D eigenvalue weighted by atomic mass is 19.1. The minimum atomic E-state index is -0.529. The van der Waals surface area contributed by atoms with Gasteiger partial charge in [-0.1, -0.05) is 24.3 Å². The van der Waals surface area contributed by atoms with Gasteiger partial charge in [-0.2, -0.15) is 0 Å². The Morgan fingerprint density at radius 1 is 1.09 bits per heavy atom. The molecule has 23 heavy (non-hydrogen) atoms. The SMILES string of the molecule is Oc1cccc(CN2CCC(C(O)c3ccc(F)cc3)CC2)c1. The highest BCUT2D eigenvalue weighted by Crippen LogP contribution is 2.31. The summed E-state index contributed by atoms with van der Waals surface area (Å²) in [6, 6.07) is 13.5. The third-order valence-electron chi connectivity index (χ3n) is 4.61. The summed E-state index contributed by atoms with van der Waals surface area (Å²) in [5.41, 5.74) is 1.89. The van der Waals surface area contributed by atoms with Gasteiger partial charge in [-0.05, 0) is 67.2 Å². The fourth-order valence-corrected chi connectivity index (χ4v) is 3.27. The molecule has 0 radical (unpaired) electrons. The van der Waals surface area contributed by atoms with Crippen LogP contribution in [-0.2, 0) is 6.54 Å². The molecule has 3 rings (SSSR count). The summed E-state index contributed by atoms with van der Waals surface area (Å²) in [6.45, 7) is 2.64. The number of hydrogen-bond donors (Lipinski definition) is 2. The molecule has 2 aromatic carbocycles. The number of nitrogens with zero attached hydrogens (tertiary/aromatic N) is 1. The van der Waals surface area contributed by atoms with Gasteiger partial charge in [0.15, 0.2) is 0 Å². The normalized spacial score (nSPS) is 18.0. The van der Waals surface area contributed by atoms with Gasteiger partial charge >= 0.3 is 0 Å². The van der Waals surface area contributed by atoms with Gasteiger partial charge in [0.2, 0.25) is 0 Å². The first-order valence-corrected chi connectivity index (χ1v) is 8.05. The fraction of sp³-hybridized carbons (Fsp3) is 0.368. The molecule has 1 heterocycles. The van der Waals surface area contributed by atoms with Gasteiger partial charge in [0.25, 0.3) is 0 Å². The Balaban J connectivity index is 1.54. The maximum atomic E-state index is 13.0. The van der Waals surface area contributed by atoms with Crippen LogP contribution in [0.15, 0.2) is 48.5 Å². The summed E-state index contributed by atoms with van der Waals surface area (Å²) in [6.07, 6.45) is 1.30. The molecule has 1 aliphatic rings. The molecule has 0 saturated carbocycles. The molecule has 0 aromatic heterocycles. The van der Waals surface area contributed by atoms with Gasteiger partial charge in [-0.3, -0.25) is 4.90 Å². The largest absolute Gasteiger partial charge is 0.508 e. The van der Waals surface area contributed by atoms with Crippen LogP contribution in [0.2, 0.25) is 0 Å². The van der Waals surface area contributed by atoms with Crippen LogP contribution in [0.4, 0.5) is 4.39 Å². The van der Waals surface area contributed by atoms with E-state index in [1.54, 1.807) is 24.3 Å². The third kappa shape index (κ3) is 4.09. The number of hydrogen-bond acceptors (Lipinski definition) is 3. The number of phenols is 1. The summed E-state index contributed by atoms with van der Waals surface area (Å²) >= 11 is 0. The van der Waals surface area contributed by atoms with Crippen LogP contribution in [0.5, 0.6) is 5.75 Å². The van der Waals surface area contributed by atoms with E-state index in [1.165, 1.54) is 12.1 Å². The van der Waals surface area contributed by atoms with Gasteiger partial charge < -0.3 is 10.2 Å². The number of likely N-dealkylation sites (tertiary alicyclic amines) is 1. The minimum Gasteiger partial charge on any atom is -0.508 e. The average molecular weight is 315 g/mol. The van der Waals surface area contributed by atoms with Crippen molar-refractivity contribution in [2.24, 2.45) is 5.92 Å². The smallest absolute Gasteiger partial charge is 0.123 e. The number of rotatable bonds is 4. The summed E-state index contributed by atoms with van der Waals surface area (Å²) < 4.78 is 13.0. The molecule has 1 atom stereocenters. The standard InChI is InChI=1S/C19H22FNO2/c20-17-6-4-15(5-7-17)19(23)16-8-10-21(11-9-16)13-14-2-1-3-18(22)12-14/h1-7,12,16,19,22-23H,8-11,13H2. The second-order valence-electron chi connectivity index (χ2n) is 6.28. The van der Waals surface area contributed by atoms with E-state index in [4.69, 9.17) is 0 Å². The quantitative estimate of drug-likeness (QED) is 0.908. The Bertz CT molecular complexity index is 636. The molecular weight excluding hydrogens is 293 g/mol. The Hall–Kier alpha value is -1.91. The Kier molecular flexibility index (Phi) is 4.94. The van der Waals surface area contributed by atoms with E-state index in [-0.39, 0.29) is 11.7 Å². The average Bonchev–Trinajstić information content (AvgIpc) is 2.56. The third-order valence-corrected chi connectivity index (χ3v) is 4.61. The number of aliphatic hydroxyl groups is 1. The molecule has 2 aromatic rings. The van der Waals surface area contributed by atoms with Gasteiger partial charge in [0, 0.05) is 6.54 Å². The molecule has 1 unspecified atom stereocenters. The van der Waals surface area contributed by atoms with Crippen molar-refractivity contribution in [1.29, 1.82) is 0 Å². The zero-order chi connectivity index (χ0) is 16.2. The highest BCUT2D eigenvalue weighted by molar-refractivity contribution is 5.27. The van der Waals surface area contributed by atoms with Gasteiger partial charge in [-0.15, -0.1) is 0 Å². The van der Waals surface area contributed by atoms with Gasteiger partial charge in [-0.25, -0.2) is 4.39 Å². The Labute approximate surface area is 136 Å². The van der Waals surface area contributed by atoms with Crippen molar-refractivity contribution in [3.05, 3.63) is 65.5 Å². The molecule has 122 valence electrons. The first kappa shape index (κ1) is 16.0. The lowest BCUT2D eigenvalue weighted by Crippen LogP contribution is -2.35. The zero-order valence-electron chi connectivity index (χ0n) is 13.0.